The van der Waals surface area contributed by atoms with Crippen LogP contribution in [0.25, 0.3) is 0 Å². The van der Waals surface area contributed by atoms with Gasteiger partial charge in [0.05, 0.1) is 23.2 Å². The monoisotopic (exact) mass is 333 g/mol. The van der Waals surface area contributed by atoms with Crippen LogP contribution >= 0.6 is 11.8 Å². The van der Waals surface area contributed by atoms with E-state index < -0.39 is 16.9 Å². The van der Waals surface area contributed by atoms with E-state index in [-0.39, 0.29) is 16.8 Å². The van der Waals surface area contributed by atoms with E-state index in [1.807, 2.05) is 0 Å². The van der Waals surface area contributed by atoms with E-state index in [0.717, 1.165) is 0 Å². The summed E-state index contributed by atoms with van der Waals surface area (Å²) < 4.78 is 4.55. The molecule has 2 aromatic carbocycles. The highest BCUT2D eigenvalue weighted by atomic mass is 32.2. The third-order valence-corrected chi connectivity index (χ3v) is 3.91. The molecule has 0 fully saturated rings. The number of nitro benzene ring substituents is 1. The Hall–Kier alpha value is -2.87. The second-order valence-corrected chi connectivity index (χ2v) is 5.50. The minimum atomic E-state index is -1.24. The molecule has 0 saturated carbocycles. The van der Waals surface area contributed by atoms with Gasteiger partial charge in [0.15, 0.2) is 0 Å². The summed E-state index contributed by atoms with van der Waals surface area (Å²) >= 11 is 1.23. The van der Waals surface area contributed by atoms with Crippen LogP contribution in [-0.2, 0) is 4.74 Å². The highest BCUT2D eigenvalue weighted by molar-refractivity contribution is 7.99. The molecule has 0 spiro atoms. The molecule has 7 nitrogen and oxygen atoms in total. The first-order valence-corrected chi connectivity index (χ1v) is 7.12. The van der Waals surface area contributed by atoms with Crippen molar-refractivity contribution in [3.8, 4) is 0 Å². The minimum absolute atomic E-state index is 0.0263. The summed E-state index contributed by atoms with van der Waals surface area (Å²) in [5.41, 5.74) is -0.224. The highest BCUT2D eigenvalue weighted by Crippen LogP contribution is 2.30. The lowest BCUT2D eigenvalue weighted by molar-refractivity contribution is -0.384. The van der Waals surface area contributed by atoms with Crippen LogP contribution in [0.15, 0.2) is 52.3 Å². The molecule has 118 valence electrons. The molecule has 0 radical (unpaired) electrons. The number of nitrogens with zero attached hydrogens (tertiary/aromatic N) is 1. The average molecular weight is 333 g/mol. The van der Waals surface area contributed by atoms with E-state index in [0.29, 0.717) is 9.79 Å². The first-order chi connectivity index (χ1) is 10.9. The van der Waals surface area contributed by atoms with Crippen molar-refractivity contribution in [2.75, 3.05) is 7.11 Å². The van der Waals surface area contributed by atoms with E-state index in [4.69, 9.17) is 0 Å². The molecule has 0 saturated heterocycles. The van der Waals surface area contributed by atoms with Gasteiger partial charge in [-0.15, -0.1) is 0 Å². The average Bonchev–Trinajstić information content (AvgIpc) is 2.54. The van der Waals surface area contributed by atoms with Gasteiger partial charge in [0.1, 0.15) is 0 Å². The molecular weight excluding hydrogens is 322 g/mol. The number of benzene rings is 2. The quantitative estimate of drug-likeness (QED) is 0.508. The number of ether oxygens (including phenoxy) is 1. The number of rotatable bonds is 5. The van der Waals surface area contributed by atoms with E-state index in [1.54, 1.807) is 18.2 Å². The summed E-state index contributed by atoms with van der Waals surface area (Å²) in [6, 6.07) is 10.2. The van der Waals surface area contributed by atoms with Crippen LogP contribution in [0.4, 0.5) is 5.69 Å². The van der Waals surface area contributed by atoms with E-state index in [1.165, 1.54) is 43.1 Å². The second kappa shape index (κ2) is 6.93. The van der Waals surface area contributed by atoms with Crippen LogP contribution in [0.3, 0.4) is 0 Å². The van der Waals surface area contributed by atoms with Gasteiger partial charge in [-0.3, -0.25) is 10.1 Å². The number of methoxy groups -OCH3 is 1. The molecule has 8 heteroatoms. The van der Waals surface area contributed by atoms with Crippen molar-refractivity contribution in [3.05, 3.63) is 63.7 Å². The Balaban J connectivity index is 2.30. The zero-order valence-electron chi connectivity index (χ0n) is 11.9. The van der Waals surface area contributed by atoms with Crippen LogP contribution in [0.2, 0.25) is 0 Å². The zero-order valence-corrected chi connectivity index (χ0v) is 12.7. The lowest BCUT2D eigenvalue weighted by atomic mass is 10.1. The summed E-state index contributed by atoms with van der Waals surface area (Å²) in [6.07, 6.45) is 0. The summed E-state index contributed by atoms with van der Waals surface area (Å²) in [6.45, 7) is 0. The van der Waals surface area contributed by atoms with Crippen LogP contribution in [-0.4, -0.2) is 29.1 Å². The number of carbonyl (C=O) groups is 2. The van der Waals surface area contributed by atoms with Crippen molar-refractivity contribution in [3.63, 3.8) is 0 Å². The number of carboxylic acid groups (broad SMARTS) is 1. The van der Waals surface area contributed by atoms with Gasteiger partial charge >= 0.3 is 11.9 Å². The molecule has 2 aromatic rings. The van der Waals surface area contributed by atoms with Crippen molar-refractivity contribution >= 4 is 29.4 Å². The molecular formula is C15H11NO6S. The molecule has 1 N–H and O–H groups in total. The lowest BCUT2D eigenvalue weighted by Gasteiger charge is -2.07. The van der Waals surface area contributed by atoms with Gasteiger partial charge in [0.2, 0.25) is 0 Å². The molecule has 0 aliphatic carbocycles. The van der Waals surface area contributed by atoms with Crippen LogP contribution in [0.1, 0.15) is 20.7 Å². The van der Waals surface area contributed by atoms with E-state index in [2.05, 4.69) is 4.74 Å². The Morgan fingerprint density at radius 2 is 1.70 bits per heavy atom. The first-order valence-electron chi connectivity index (χ1n) is 6.30. The number of aromatic carboxylic acids is 1. The molecule has 0 aromatic heterocycles. The smallest absolute Gasteiger partial charge is 0.338 e. The fourth-order valence-corrected chi connectivity index (χ4v) is 2.68. The molecule has 0 heterocycles. The molecule has 2 rings (SSSR count). The zero-order chi connectivity index (χ0) is 17.0. The van der Waals surface area contributed by atoms with Gasteiger partial charge in [0.25, 0.3) is 5.69 Å². The number of hydrogen-bond donors (Lipinski definition) is 1. The SMILES string of the molecule is COC(=O)c1ccc(Sc2ccc([N+](=O)[O-])cc2)cc1C(=O)O. The fraction of sp³-hybridized carbons (Fsp3) is 0.0667. The van der Waals surface area contributed by atoms with Gasteiger partial charge in [-0.1, -0.05) is 11.8 Å². The van der Waals surface area contributed by atoms with Crippen molar-refractivity contribution < 1.29 is 24.4 Å². The van der Waals surface area contributed by atoms with Gasteiger partial charge < -0.3 is 9.84 Å². The first kappa shape index (κ1) is 16.5. The maximum atomic E-state index is 11.6. The second-order valence-electron chi connectivity index (χ2n) is 4.36. The van der Waals surface area contributed by atoms with Crippen molar-refractivity contribution in [1.29, 1.82) is 0 Å². The molecule has 0 aliphatic heterocycles. The predicted molar refractivity (Wildman–Crippen MR) is 82.0 cm³/mol. The maximum absolute atomic E-state index is 11.6. The summed E-state index contributed by atoms with van der Waals surface area (Å²) in [4.78, 5) is 34.2. The van der Waals surface area contributed by atoms with Gasteiger partial charge in [-0.05, 0) is 30.3 Å². The number of hydrogen-bond acceptors (Lipinski definition) is 6. The maximum Gasteiger partial charge on any atom is 0.338 e. The number of carbonyl (C=O) groups excluding carboxylic acids is 1. The summed E-state index contributed by atoms with van der Waals surface area (Å²) in [5, 5.41) is 19.8. The summed E-state index contributed by atoms with van der Waals surface area (Å²) in [5.74, 6) is -1.97. The van der Waals surface area contributed by atoms with Crippen LogP contribution < -0.4 is 0 Å². The molecule has 0 amide bonds. The minimum Gasteiger partial charge on any atom is -0.478 e. The van der Waals surface area contributed by atoms with Crippen LogP contribution in [0, 0.1) is 10.1 Å². The molecule has 0 aliphatic rings. The molecule has 0 atom stereocenters. The van der Waals surface area contributed by atoms with Gasteiger partial charge in [-0.2, -0.15) is 0 Å². The fourth-order valence-electron chi connectivity index (χ4n) is 1.82. The van der Waals surface area contributed by atoms with Crippen molar-refractivity contribution in [2.24, 2.45) is 0 Å². The highest BCUT2D eigenvalue weighted by Gasteiger charge is 2.18. The topological polar surface area (TPSA) is 107 Å². The Morgan fingerprint density at radius 3 is 2.22 bits per heavy atom. The largest absolute Gasteiger partial charge is 0.478 e. The lowest BCUT2D eigenvalue weighted by Crippen LogP contribution is -2.10. The Bertz CT molecular complexity index is 772. The summed E-state index contributed by atoms with van der Waals surface area (Å²) in [7, 11) is 1.17. The third kappa shape index (κ3) is 3.86. The van der Waals surface area contributed by atoms with Gasteiger partial charge in [-0.25, -0.2) is 9.59 Å². The number of carboxylic acids is 1. The number of nitro groups is 1. The molecule has 0 bridgehead atoms. The Morgan fingerprint density at radius 1 is 1.09 bits per heavy atom. The normalized spacial score (nSPS) is 10.1. The predicted octanol–water partition coefficient (Wildman–Crippen LogP) is 3.23. The van der Waals surface area contributed by atoms with Gasteiger partial charge in [0, 0.05) is 21.9 Å². The Labute approximate surface area is 135 Å². The third-order valence-electron chi connectivity index (χ3n) is 2.91. The molecule has 23 heavy (non-hydrogen) atoms. The molecule has 0 unspecified atom stereocenters. The van der Waals surface area contributed by atoms with Crippen molar-refractivity contribution in [2.45, 2.75) is 9.79 Å². The number of non-ortho nitro benzene ring substituents is 1. The van der Waals surface area contributed by atoms with E-state index >= 15 is 0 Å². The number of esters is 1. The standard InChI is InChI=1S/C15H11NO6S/c1-22-15(19)12-7-6-11(8-13(12)14(17)18)23-10-4-2-9(3-5-10)16(20)21/h2-8H,1H3,(H,17,18). The van der Waals surface area contributed by atoms with Crippen LogP contribution in [0.5, 0.6) is 0 Å². The van der Waals surface area contributed by atoms with E-state index in [9.17, 15) is 24.8 Å². The van der Waals surface area contributed by atoms with Crippen molar-refractivity contribution in [1.82, 2.24) is 0 Å². The Kier molecular flexibility index (Phi) is 4.97.